The summed E-state index contributed by atoms with van der Waals surface area (Å²) in [6.45, 7) is 0. The second-order valence-electron chi connectivity index (χ2n) is 4.52. The van der Waals surface area contributed by atoms with Crippen LogP contribution in [0.2, 0.25) is 0 Å². The lowest BCUT2D eigenvalue weighted by molar-refractivity contribution is 0.205. The first-order valence-electron chi connectivity index (χ1n) is 6.36. The van der Waals surface area contributed by atoms with Gasteiger partial charge in [0.15, 0.2) is 6.10 Å². The molecule has 3 aromatic rings. The number of aromatic nitrogens is 2. The van der Waals surface area contributed by atoms with Crippen molar-refractivity contribution in [1.82, 2.24) is 10.1 Å². The molecule has 0 spiro atoms. The Morgan fingerprint density at radius 1 is 1.24 bits per heavy atom. The molecule has 21 heavy (non-hydrogen) atoms. The number of nitrogens with two attached hydrogens (primary N) is 1. The molecular weight excluding hydrogens is 306 g/mol. The van der Waals surface area contributed by atoms with Crippen molar-refractivity contribution >= 4 is 28.1 Å². The predicted octanol–water partition coefficient (Wildman–Crippen LogP) is 3.61. The van der Waals surface area contributed by atoms with Crippen LogP contribution in [0.1, 0.15) is 11.9 Å². The standard InChI is InChI=1S/C14H11N3O2S2/c15-12-8(5-6-20-12)14-16-13(17-19-14)10-7-21-11-4-2-1-3-9(11)18-10/h1-6,10H,7,15H2. The molecule has 2 N–H and O–H groups in total. The SMILES string of the molecule is Nc1sccc1-c1nc(C2CSc3ccccc3O2)no1. The zero-order chi connectivity index (χ0) is 14.2. The van der Waals surface area contributed by atoms with Crippen molar-refractivity contribution in [3.05, 3.63) is 41.5 Å². The van der Waals surface area contributed by atoms with Crippen LogP contribution in [0.5, 0.6) is 5.75 Å². The van der Waals surface area contributed by atoms with Crippen molar-refractivity contribution in [3.63, 3.8) is 0 Å². The van der Waals surface area contributed by atoms with Crippen LogP contribution in [0.25, 0.3) is 11.5 Å². The summed E-state index contributed by atoms with van der Waals surface area (Å²) in [4.78, 5) is 5.56. The molecule has 0 radical (unpaired) electrons. The topological polar surface area (TPSA) is 74.2 Å². The number of anilines is 1. The number of thioether (sulfide) groups is 1. The van der Waals surface area contributed by atoms with Crippen LogP contribution in [0.4, 0.5) is 5.00 Å². The smallest absolute Gasteiger partial charge is 0.261 e. The number of benzene rings is 1. The minimum absolute atomic E-state index is 0.206. The summed E-state index contributed by atoms with van der Waals surface area (Å²) in [5.74, 6) is 2.61. The van der Waals surface area contributed by atoms with Crippen LogP contribution in [-0.4, -0.2) is 15.9 Å². The van der Waals surface area contributed by atoms with Crippen molar-refractivity contribution in [2.45, 2.75) is 11.0 Å². The number of nitrogen functional groups attached to an aromatic ring is 1. The van der Waals surface area contributed by atoms with E-state index >= 15 is 0 Å². The second-order valence-corrected chi connectivity index (χ2v) is 6.53. The van der Waals surface area contributed by atoms with E-state index in [1.165, 1.54) is 11.3 Å². The Bertz CT molecular complexity index is 784. The summed E-state index contributed by atoms with van der Waals surface area (Å²) in [5, 5.41) is 6.61. The summed E-state index contributed by atoms with van der Waals surface area (Å²) in [7, 11) is 0. The fourth-order valence-corrected chi connectivity index (χ4v) is 3.73. The molecule has 7 heteroatoms. The van der Waals surface area contributed by atoms with E-state index < -0.39 is 0 Å². The molecule has 1 aliphatic rings. The lowest BCUT2D eigenvalue weighted by Crippen LogP contribution is -2.16. The number of ether oxygens (including phenoxy) is 1. The maximum Gasteiger partial charge on any atom is 0.261 e. The maximum atomic E-state index is 5.94. The van der Waals surface area contributed by atoms with Crippen LogP contribution in [0, 0.1) is 0 Å². The van der Waals surface area contributed by atoms with E-state index in [-0.39, 0.29) is 6.10 Å². The van der Waals surface area contributed by atoms with Crippen LogP contribution in [0.3, 0.4) is 0 Å². The molecule has 0 saturated carbocycles. The lowest BCUT2D eigenvalue weighted by atomic mass is 10.3. The number of thiophene rings is 1. The molecule has 1 unspecified atom stereocenters. The van der Waals surface area contributed by atoms with Gasteiger partial charge in [-0.1, -0.05) is 17.3 Å². The summed E-state index contributed by atoms with van der Waals surface area (Å²) in [6, 6.07) is 9.83. The fraction of sp³-hybridized carbons (Fsp3) is 0.143. The minimum atomic E-state index is -0.206. The molecule has 106 valence electrons. The number of hydrogen-bond donors (Lipinski definition) is 1. The first kappa shape index (κ1) is 12.7. The van der Waals surface area contributed by atoms with E-state index in [4.69, 9.17) is 15.0 Å². The van der Waals surface area contributed by atoms with E-state index in [0.29, 0.717) is 16.7 Å². The summed E-state index contributed by atoms with van der Waals surface area (Å²) >= 11 is 3.18. The largest absolute Gasteiger partial charge is 0.480 e. The molecule has 0 fully saturated rings. The normalized spacial score (nSPS) is 17.2. The molecule has 0 amide bonds. The molecular formula is C14H11N3O2S2. The van der Waals surface area contributed by atoms with Gasteiger partial charge in [0, 0.05) is 10.6 Å². The minimum Gasteiger partial charge on any atom is -0.480 e. The van der Waals surface area contributed by atoms with Gasteiger partial charge in [-0.25, -0.2) is 0 Å². The molecule has 1 aliphatic heterocycles. The summed E-state index contributed by atoms with van der Waals surface area (Å²) in [5.41, 5.74) is 6.66. The van der Waals surface area contributed by atoms with Gasteiger partial charge in [0.05, 0.1) is 10.6 Å². The first-order valence-corrected chi connectivity index (χ1v) is 8.23. The Morgan fingerprint density at radius 3 is 3.00 bits per heavy atom. The Balaban J connectivity index is 1.61. The van der Waals surface area contributed by atoms with Gasteiger partial charge >= 0.3 is 0 Å². The average Bonchev–Trinajstić information content (AvgIpc) is 3.15. The van der Waals surface area contributed by atoms with Gasteiger partial charge in [-0.05, 0) is 23.6 Å². The average molecular weight is 317 g/mol. The zero-order valence-corrected chi connectivity index (χ0v) is 12.5. The molecule has 0 saturated heterocycles. The van der Waals surface area contributed by atoms with Crippen molar-refractivity contribution < 1.29 is 9.26 Å². The number of fused-ring (bicyclic) bond motifs is 1. The van der Waals surface area contributed by atoms with E-state index in [1.54, 1.807) is 11.8 Å². The Morgan fingerprint density at radius 2 is 2.14 bits per heavy atom. The molecule has 1 aromatic carbocycles. The molecule has 4 rings (SSSR count). The summed E-state index contributed by atoms with van der Waals surface area (Å²) in [6.07, 6.45) is -0.206. The second kappa shape index (κ2) is 5.09. The van der Waals surface area contributed by atoms with E-state index in [9.17, 15) is 0 Å². The van der Waals surface area contributed by atoms with Crippen LogP contribution in [0.15, 0.2) is 45.1 Å². The molecule has 3 heterocycles. The Labute approximate surface area is 129 Å². The monoisotopic (exact) mass is 317 g/mol. The van der Waals surface area contributed by atoms with Crippen molar-refractivity contribution in [2.24, 2.45) is 0 Å². The number of hydrogen-bond acceptors (Lipinski definition) is 7. The van der Waals surface area contributed by atoms with Gasteiger partial charge in [0.25, 0.3) is 5.89 Å². The van der Waals surface area contributed by atoms with Crippen molar-refractivity contribution in [1.29, 1.82) is 0 Å². The van der Waals surface area contributed by atoms with Gasteiger partial charge in [-0.15, -0.1) is 23.1 Å². The Hall–Kier alpha value is -1.99. The first-order chi connectivity index (χ1) is 10.3. The van der Waals surface area contributed by atoms with E-state index in [0.717, 1.165) is 22.0 Å². The van der Waals surface area contributed by atoms with Crippen molar-refractivity contribution in [3.8, 4) is 17.2 Å². The van der Waals surface area contributed by atoms with Gasteiger partial charge < -0.3 is 15.0 Å². The van der Waals surface area contributed by atoms with Gasteiger partial charge in [0.1, 0.15) is 5.75 Å². The van der Waals surface area contributed by atoms with E-state index in [2.05, 4.69) is 10.1 Å². The Kier molecular flexibility index (Phi) is 3.08. The number of para-hydroxylation sites is 1. The quantitative estimate of drug-likeness (QED) is 0.778. The molecule has 0 aliphatic carbocycles. The molecule has 2 aromatic heterocycles. The number of rotatable bonds is 2. The maximum absolute atomic E-state index is 5.94. The highest BCUT2D eigenvalue weighted by Crippen LogP contribution is 2.40. The fourth-order valence-electron chi connectivity index (χ4n) is 2.12. The van der Waals surface area contributed by atoms with Gasteiger partial charge in [-0.2, -0.15) is 4.98 Å². The molecule has 0 bridgehead atoms. The summed E-state index contributed by atoms with van der Waals surface area (Å²) < 4.78 is 11.3. The molecule has 1 atom stereocenters. The van der Waals surface area contributed by atoms with Gasteiger partial charge in [0.2, 0.25) is 5.82 Å². The third-order valence-corrected chi connectivity index (χ3v) is 5.03. The van der Waals surface area contributed by atoms with Crippen LogP contribution in [-0.2, 0) is 0 Å². The lowest BCUT2D eigenvalue weighted by Gasteiger charge is -2.22. The number of nitrogens with zero attached hydrogens (tertiary/aromatic N) is 2. The third kappa shape index (κ3) is 2.28. The van der Waals surface area contributed by atoms with Crippen LogP contribution < -0.4 is 10.5 Å². The highest BCUT2D eigenvalue weighted by molar-refractivity contribution is 7.99. The third-order valence-electron chi connectivity index (χ3n) is 3.16. The molecule has 5 nitrogen and oxygen atoms in total. The van der Waals surface area contributed by atoms with E-state index in [1.807, 2.05) is 35.7 Å². The zero-order valence-electron chi connectivity index (χ0n) is 10.9. The highest BCUT2D eigenvalue weighted by atomic mass is 32.2. The van der Waals surface area contributed by atoms with Crippen LogP contribution >= 0.6 is 23.1 Å². The van der Waals surface area contributed by atoms with Crippen molar-refractivity contribution in [2.75, 3.05) is 11.5 Å². The van der Waals surface area contributed by atoms with Gasteiger partial charge in [-0.3, -0.25) is 0 Å². The highest BCUT2D eigenvalue weighted by Gasteiger charge is 2.26. The predicted molar refractivity (Wildman–Crippen MR) is 82.6 cm³/mol.